The Morgan fingerprint density at radius 1 is 0.735 bits per heavy atom. The molecule has 0 atom stereocenters. The number of hydrogen-bond acceptors (Lipinski definition) is 7. The summed E-state index contributed by atoms with van der Waals surface area (Å²) in [4.78, 5) is 26.7. The lowest BCUT2D eigenvalue weighted by atomic mass is 9.79. The van der Waals surface area contributed by atoms with Crippen molar-refractivity contribution in [1.29, 1.82) is 0 Å². The first-order chi connectivity index (χ1) is 22.2. The fourth-order valence-corrected chi connectivity index (χ4v) is 8.40. The van der Waals surface area contributed by atoms with Crippen LogP contribution in [0.25, 0.3) is 11.1 Å². The van der Waals surface area contributed by atoms with Gasteiger partial charge in [0.05, 0.1) is 4.08 Å². The molecule has 0 spiro atoms. The monoisotopic (exact) mass is 708 g/mol. The Morgan fingerprint density at radius 3 is 1.59 bits per heavy atom. The van der Waals surface area contributed by atoms with E-state index in [0.717, 1.165) is 32.9 Å². The molecule has 8 heteroatoms. The number of aryl methyl sites for hydroxylation is 1. The van der Waals surface area contributed by atoms with E-state index in [4.69, 9.17) is 4.74 Å². The minimum absolute atomic E-state index is 0.0345. The number of rotatable bonds is 10. The molecule has 0 aliphatic rings. The van der Waals surface area contributed by atoms with E-state index < -0.39 is 21.4 Å². The molecule has 0 aliphatic heterocycles. The summed E-state index contributed by atoms with van der Waals surface area (Å²) in [5.74, 6) is -1.16. The van der Waals surface area contributed by atoms with Crippen LogP contribution in [0.4, 0.5) is 0 Å². The fourth-order valence-electron chi connectivity index (χ4n) is 5.82. The maximum atomic E-state index is 12.4. The van der Waals surface area contributed by atoms with Crippen molar-refractivity contribution in [2.45, 2.75) is 140 Å². The number of ether oxygens (including phenoxy) is 1. The van der Waals surface area contributed by atoms with Crippen molar-refractivity contribution in [2.24, 2.45) is 5.92 Å². The van der Waals surface area contributed by atoms with Crippen molar-refractivity contribution >= 4 is 35.5 Å². The SMILES string of the molecule is CC(=O)Oc1c(C(=O)O)ccc(CCC(C)C)c1-c1cc(SC(C)(C)Sc2cc(C(C)(C)C)c(O)c(C(C)(C)C)c2)cc(C(C)(C)C)c1O. The zero-order valence-electron chi connectivity index (χ0n) is 31.8. The summed E-state index contributed by atoms with van der Waals surface area (Å²) in [6, 6.07) is 11.3. The highest BCUT2D eigenvalue weighted by Gasteiger charge is 2.32. The van der Waals surface area contributed by atoms with Gasteiger partial charge in [0.15, 0.2) is 5.75 Å². The number of carbonyl (C=O) groups excluding carboxylic acids is 1. The number of esters is 1. The number of carbonyl (C=O) groups is 2. The lowest BCUT2D eigenvalue weighted by Crippen LogP contribution is -2.18. The quantitative estimate of drug-likeness (QED) is 0.0827. The topological polar surface area (TPSA) is 104 Å². The number of carboxylic acids is 1. The van der Waals surface area contributed by atoms with E-state index in [0.29, 0.717) is 34.8 Å². The first-order valence-electron chi connectivity index (χ1n) is 16.9. The third kappa shape index (κ3) is 10.0. The summed E-state index contributed by atoms with van der Waals surface area (Å²) in [5, 5.41) is 33.4. The lowest BCUT2D eigenvalue weighted by Gasteiger charge is -2.31. The normalized spacial score (nSPS) is 12.8. The number of aromatic hydroxyl groups is 2. The molecule has 49 heavy (non-hydrogen) atoms. The van der Waals surface area contributed by atoms with Crippen LogP contribution in [0.3, 0.4) is 0 Å². The van der Waals surface area contributed by atoms with Crippen molar-refractivity contribution in [1.82, 2.24) is 0 Å². The van der Waals surface area contributed by atoms with Crippen LogP contribution in [-0.4, -0.2) is 31.3 Å². The molecular formula is C41H56O6S2. The third-order valence-corrected chi connectivity index (χ3v) is 10.7. The molecule has 0 radical (unpaired) electrons. The molecule has 0 bridgehead atoms. The Hall–Kier alpha value is -3.10. The first-order valence-corrected chi connectivity index (χ1v) is 18.6. The number of phenolic OH excluding ortho intramolecular Hbond substituents is 2. The van der Waals surface area contributed by atoms with Crippen LogP contribution in [0.2, 0.25) is 0 Å². The van der Waals surface area contributed by atoms with Gasteiger partial charge in [0.2, 0.25) is 0 Å². The zero-order valence-corrected chi connectivity index (χ0v) is 33.5. The Morgan fingerprint density at radius 2 is 1.18 bits per heavy atom. The van der Waals surface area contributed by atoms with Gasteiger partial charge in [-0.15, -0.1) is 23.5 Å². The van der Waals surface area contributed by atoms with E-state index in [1.807, 2.05) is 32.9 Å². The molecule has 0 amide bonds. The standard InChI is InChI=1S/C41H56O6S2/c1-23(2)15-16-25-17-18-28(37(45)46)36(47-24(3)42)33(25)29-19-26(20-30(34(29)43)38(4,5)6)48-41(13,14)49-27-21-31(39(7,8)9)35(44)32(22-27)40(10,11)12/h17-23,43-44H,15-16H2,1-14H3,(H,45,46). The van der Waals surface area contributed by atoms with Crippen LogP contribution in [0.15, 0.2) is 46.2 Å². The maximum absolute atomic E-state index is 12.4. The summed E-state index contributed by atoms with van der Waals surface area (Å²) >= 11 is 3.34. The van der Waals surface area contributed by atoms with Gasteiger partial charge in [-0.2, -0.15) is 0 Å². The molecule has 6 nitrogen and oxygen atoms in total. The number of carboxylic acid groups (broad SMARTS) is 1. The first kappa shape index (κ1) is 40.3. The van der Waals surface area contributed by atoms with Crippen LogP contribution in [-0.2, 0) is 27.5 Å². The number of thioether (sulfide) groups is 2. The van der Waals surface area contributed by atoms with Crippen LogP contribution in [0.5, 0.6) is 17.2 Å². The molecule has 0 heterocycles. The van der Waals surface area contributed by atoms with E-state index in [1.54, 1.807) is 29.6 Å². The van der Waals surface area contributed by atoms with Gasteiger partial charge in [0.25, 0.3) is 0 Å². The summed E-state index contributed by atoms with van der Waals surface area (Å²) < 4.78 is 5.25. The van der Waals surface area contributed by atoms with E-state index in [1.165, 1.54) is 13.0 Å². The molecule has 268 valence electrons. The molecule has 0 saturated carbocycles. The molecule has 3 aromatic carbocycles. The van der Waals surface area contributed by atoms with Crippen molar-refractivity contribution in [3.8, 4) is 28.4 Å². The lowest BCUT2D eigenvalue weighted by molar-refractivity contribution is -0.131. The summed E-state index contributed by atoms with van der Waals surface area (Å²) in [6.45, 7) is 28.5. The highest BCUT2D eigenvalue weighted by atomic mass is 32.2. The van der Waals surface area contributed by atoms with Crippen LogP contribution < -0.4 is 4.74 Å². The van der Waals surface area contributed by atoms with Gasteiger partial charge in [-0.1, -0.05) is 82.2 Å². The Balaban J connectivity index is 2.30. The molecule has 3 rings (SSSR count). The number of benzene rings is 3. The highest BCUT2D eigenvalue weighted by Crippen LogP contribution is 2.52. The maximum Gasteiger partial charge on any atom is 0.339 e. The minimum atomic E-state index is -1.22. The van der Waals surface area contributed by atoms with Gasteiger partial charge in [-0.05, 0) is 84.7 Å². The molecule has 0 aromatic heterocycles. The molecule has 0 unspecified atom stereocenters. The van der Waals surface area contributed by atoms with E-state index >= 15 is 0 Å². The highest BCUT2D eigenvalue weighted by molar-refractivity contribution is 8.18. The van der Waals surface area contributed by atoms with Crippen LogP contribution >= 0.6 is 23.5 Å². The molecule has 3 aromatic rings. The second-order valence-electron chi connectivity index (χ2n) is 16.9. The predicted molar refractivity (Wildman–Crippen MR) is 205 cm³/mol. The smallest absolute Gasteiger partial charge is 0.339 e. The van der Waals surface area contributed by atoms with Crippen molar-refractivity contribution in [3.05, 3.63) is 64.2 Å². The third-order valence-electron chi connectivity index (χ3n) is 8.30. The van der Waals surface area contributed by atoms with Gasteiger partial charge in [0.1, 0.15) is 17.1 Å². The average molecular weight is 709 g/mol. The minimum Gasteiger partial charge on any atom is -0.507 e. The average Bonchev–Trinajstić information content (AvgIpc) is 2.91. The molecule has 3 N–H and O–H groups in total. The van der Waals surface area contributed by atoms with E-state index in [9.17, 15) is 24.9 Å². The number of phenols is 2. The van der Waals surface area contributed by atoms with Gasteiger partial charge in [-0.3, -0.25) is 4.79 Å². The summed E-state index contributed by atoms with van der Waals surface area (Å²) in [6.07, 6.45) is 1.43. The Kier molecular flexibility index (Phi) is 12.0. The van der Waals surface area contributed by atoms with E-state index in [2.05, 4.69) is 81.4 Å². The predicted octanol–water partition coefficient (Wildman–Crippen LogP) is 11.5. The molecule has 0 fully saturated rings. The van der Waals surface area contributed by atoms with E-state index in [-0.39, 0.29) is 27.9 Å². The van der Waals surface area contributed by atoms with Crippen LogP contribution in [0, 0.1) is 5.92 Å². The van der Waals surface area contributed by atoms with Gasteiger partial charge in [0, 0.05) is 44.5 Å². The molecule has 0 aliphatic carbocycles. The molecule has 0 saturated heterocycles. The molecular weight excluding hydrogens is 653 g/mol. The number of aromatic carboxylic acids is 1. The van der Waals surface area contributed by atoms with Crippen molar-refractivity contribution in [3.63, 3.8) is 0 Å². The Bertz CT molecular complexity index is 1680. The van der Waals surface area contributed by atoms with Gasteiger partial charge >= 0.3 is 11.9 Å². The van der Waals surface area contributed by atoms with Gasteiger partial charge in [-0.25, -0.2) is 4.79 Å². The summed E-state index contributed by atoms with van der Waals surface area (Å²) in [5.41, 5.74) is 3.04. The summed E-state index contributed by atoms with van der Waals surface area (Å²) in [7, 11) is 0. The largest absolute Gasteiger partial charge is 0.507 e. The number of hydrogen-bond donors (Lipinski definition) is 3. The Labute approximate surface area is 302 Å². The van der Waals surface area contributed by atoms with Gasteiger partial charge < -0.3 is 20.1 Å². The zero-order chi connectivity index (χ0) is 37.4. The second kappa shape index (κ2) is 14.6. The van der Waals surface area contributed by atoms with Crippen molar-refractivity contribution in [2.75, 3.05) is 0 Å². The van der Waals surface area contributed by atoms with Crippen LogP contribution in [0.1, 0.15) is 136 Å². The second-order valence-corrected chi connectivity index (χ2v) is 20.5. The fraction of sp³-hybridized carbons (Fsp3) is 0.512. The van der Waals surface area contributed by atoms with Crippen molar-refractivity contribution < 1.29 is 29.6 Å².